The molecule has 1 amide bonds. The van der Waals surface area contributed by atoms with Gasteiger partial charge in [0.05, 0.1) is 11.8 Å². The van der Waals surface area contributed by atoms with Crippen LogP contribution in [0.2, 0.25) is 0 Å². The van der Waals surface area contributed by atoms with E-state index in [1.807, 2.05) is 34.6 Å². The van der Waals surface area contributed by atoms with Crippen LogP contribution in [-0.2, 0) is 0 Å². The Balaban J connectivity index is 2.95. The lowest BCUT2D eigenvalue weighted by Crippen LogP contribution is -2.41. The smallest absolute Gasteiger partial charge is 0.255 e. The highest BCUT2D eigenvalue weighted by atomic mass is 19.1. The predicted molar refractivity (Wildman–Crippen MR) is 74.7 cm³/mol. The number of hydrogen-bond donors (Lipinski definition) is 2. The van der Waals surface area contributed by atoms with Gasteiger partial charge in [0.1, 0.15) is 11.6 Å². The largest absolute Gasteiger partial charge is 0.370 e. The van der Waals surface area contributed by atoms with Crippen molar-refractivity contribution in [2.75, 3.05) is 11.9 Å². The average Bonchev–Trinajstić information content (AvgIpc) is 2.30. The summed E-state index contributed by atoms with van der Waals surface area (Å²) in [4.78, 5) is 16.1. The zero-order valence-corrected chi connectivity index (χ0v) is 12.2. The second-order valence-electron chi connectivity index (χ2n) is 5.64. The molecule has 106 valence electrons. The Morgan fingerprint density at radius 2 is 2.11 bits per heavy atom. The summed E-state index contributed by atoms with van der Waals surface area (Å²) in [5.74, 6) is -0.428. The minimum atomic E-state index is -0.518. The first-order valence-electron chi connectivity index (χ1n) is 6.46. The van der Waals surface area contributed by atoms with Gasteiger partial charge in [-0.15, -0.1) is 0 Å². The molecule has 0 saturated heterocycles. The van der Waals surface area contributed by atoms with Gasteiger partial charge < -0.3 is 10.6 Å². The highest BCUT2D eigenvalue weighted by Crippen LogP contribution is 2.20. The molecule has 1 rings (SSSR count). The fourth-order valence-electron chi connectivity index (χ4n) is 1.41. The molecular weight excluding hydrogens is 245 g/mol. The molecule has 5 heteroatoms. The van der Waals surface area contributed by atoms with E-state index in [2.05, 4.69) is 15.6 Å². The van der Waals surface area contributed by atoms with Crippen LogP contribution in [0.25, 0.3) is 0 Å². The van der Waals surface area contributed by atoms with Crippen LogP contribution < -0.4 is 10.6 Å². The Bertz CT molecular complexity index is 454. The van der Waals surface area contributed by atoms with Crippen LogP contribution in [0.3, 0.4) is 0 Å². The van der Waals surface area contributed by atoms with E-state index in [1.165, 1.54) is 6.07 Å². The Kier molecular flexibility index (Phi) is 4.86. The van der Waals surface area contributed by atoms with E-state index in [1.54, 1.807) is 0 Å². The molecule has 1 unspecified atom stereocenters. The van der Waals surface area contributed by atoms with Crippen molar-refractivity contribution in [3.8, 4) is 0 Å². The van der Waals surface area contributed by atoms with E-state index < -0.39 is 5.82 Å². The number of nitrogens with zero attached hydrogens (tertiary/aromatic N) is 1. The summed E-state index contributed by atoms with van der Waals surface area (Å²) in [6, 6.07) is 1.17. The Labute approximate surface area is 113 Å². The third-order valence-corrected chi connectivity index (χ3v) is 3.09. The predicted octanol–water partition coefficient (Wildman–Crippen LogP) is 2.82. The molecule has 0 aliphatic heterocycles. The van der Waals surface area contributed by atoms with Gasteiger partial charge in [0.25, 0.3) is 5.91 Å². The molecule has 0 aliphatic carbocycles. The van der Waals surface area contributed by atoms with Gasteiger partial charge in [-0.05, 0) is 25.3 Å². The molecule has 4 nitrogen and oxygen atoms in total. The zero-order valence-electron chi connectivity index (χ0n) is 12.2. The number of carbonyl (C=O) groups excluding carboxylic acids is 1. The van der Waals surface area contributed by atoms with Gasteiger partial charge in [-0.25, -0.2) is 9.37 Å². The van der Waals surface area contributed by atoms with Gasteiger partial charge in [0.2, 0.25) is 0 Å². The number of pyridine rings is 1. The Hall–Kier alpha value is -1.65. The first kappa shape index (κ1) is 15.4. The number of rotatable bonds is 4. The van der Waals surface area contributed by atoms with Gasteiger partial charge in [0, 0.05) is 12.6 Å². The quantitative estimate of drug-likeness (QED) is 0.882. The van der Waals surface area contributed by atoms with Gasteiger partial charge in [0.15, 0.2) is 0 Å². The molecular formula is C14H22FN3O. The maximum atomic E-state index is 13.2. The van der Waals surface area contributed by atoms with Gasteiger partial charge in [-0.3, -0.25) is 4.79 Å². The molecule has 1 heterocycles. The number of halogens is 1. The maximum Gasteiger partial charge on any atom is 0.255 e. The lowest BCUT2D eigenvalue weighted by molar-refractivity contribution is 0.0910. The van der Waals surface area contributed by atoms with Crippen molar-refractivity contribution in [3.05, 3.63) is 23.6 Å². The normalized spacial score (nSPS) is 12.9. The molecule has 1 aromatic heterocycles. The fourth-order valence-corrected chi connectivity index (χ4v) is 1.41. The van der Waals surface area contributed by atoms with Gasteiger partial charge in [-0.1, -0.05) is 20.8 Å². The third-order valence-electron chi connectivity index (χ3n) is 3.09. The summed E-state index contributed by atoms with van der Waals surface area (Å²) in [5, 5.41) is 5.83. The van der Waals surface area contributed by atoms with Gasteiger partial charge >= 0.3 is 0 Å². The third kappa shape index (κ3) is 4.19. The second-order valence-corrected chi connectivity index (χ2v) is 5.64. The highest BCUT2D eigenvalue weighted by molar-refractivity contribution is 5.98. The lowest BCUT2D eigenvalue weighted by Gasteiger charge is -2.28. The van der Waals surface area contributed by atoms with E-state index in [9.17, 15) is 9.18 Å². The number of amides is 1. The summed E-state index contributed by atoms with van der Waals surface area (Å²) >= 11 is 0. The summed E-state index contributed by atoms with van der Waals surface area (Å²) in [6.07, 6.45) is 1.10. The molecule has 2 N–H and O–H groups in total. The van der Waals surface area contributed by atoms with Gasteiger partial charge in [-0.2, -0.15) is 0 Å². The zero-order chi connectivity index (χ0) is 14.6. The SMILES string of the molecule is CCNc1ncc(F)cc1C(=O)NC(C)C(C)(C)C. The van der Waals surface area contributed by atoms with Crippen molar-refractivity contribution in [1.29, 1.82) is 0 Å². The first-order valence-corrected chi connectivity index (χ1v) is 6.46. The number of nitrogens with one attached hydrogen (secondary N) is 2. The molecule has 0 aromatic carbocycles. The van der Waals surface area contributed by atoms with E-state index >= 15 is 0 Å². The summed E-state index contributed by atoms with van der Waals surface area (Å²) < 4.78 is 13.2. The number of hydrogen-bond acceptors (Lipinski definition) is 3. The first-order chi connectivity index (χ1) is 8.75. The van der Waals surface area contributed by atoms with Crippen LogP contribution in [0.5, 0.6) is 0 Å². The van der Waals surface area contributed by atoms with E-state index in [4.69, 9.17) is 0 Å². The van der Waals surface area contributed by atoms with Crippen LogP contribution in [0.1, 0.15) is 45.0 Å². The van der Waals surface area contributed by atoms with E-state index in [-0.39, 0.29) is 22.9 Å². The van der Waals surface area contributed by atoms with Crippen LogP contribution in [0.15, 0.2) is 12.3 Å². The highest BCUT2D eigenvalue weighted by Gasteiger charge is 2.23. The molecule has 0 saturated carbocycles. The molecule has 19 heavy (non-hydrogen) atoms. The van der Waals surface area contributed by atoms with Crippen LogP contribution in [-0.4, -0.2) is 23.5 Å². The number of carbonyl (C=O) groups is 1. The van der Waals surface area contributed by atoms with Crippen molar-refractivity contribution in [2.45, 2.75) is 40.7 Å². The molecule has 1 atom stereocenters. The Morgan fingerprint density at radius 3 is 2.63 bits per heavy atom. The minimum absolute atomic E-state index is 0.0299. The summed E-state index contributed by atoms with van der Waals surface area (Å²) in [7, 11) is 0. The van der Waals surface area contributed by atoms with Crippen LogP contribution >= 0.6 is 0 Å². The van der Waals surface area contributed by atoms with Crippen molar-refractivity contribution in [3.63, 3.8) is 0 Å². The van der Waals surface area contributed by atoms with Crippen molar-refractivity contribution < 1.29 is 9.18 Å². The van der Waals surface area contributed by atoms with Crippen molar-refractivity contribution >= 4 is 11.7 Å². The van der Waals surface area contributed by atoms with Crippen molar-refractivity contribution in [1.82, 2.24) is 10.3 Å². The molecule has 0 aliphatic rings. The summed E-state index contributed by atoms with van der Waals surface area (Å²) in [5.41, 5.74) is 0.173. The molecule has 0 radical (unpaired) electrons. The minimum Gasteiger partial charge on any atom is -0.370 e. The van der Waals surface area contributed by atoms with E-state index in [0.29, 0.717) is 12.4 Å². The average molecular weight is 267 g/mol. The lowest BCUT2D eigenvalue weighted by atomic mass is 9.88. The fraction of sp³-hybridized carbons (Fsp3) is 0.571. The number of aromatic nitrogens is 1. The Morgan fingerprint density at radius 1 is 1.47 bits per heavy atom. The molecule has 0 spiro atoms. The monoisotopic (exact) mass is 267 g/mol. The summed E-state index contributed by atoms with van der Waals surface area (Å²) in [6.45, 7) is 10.5. The maximum absolute atomic E-state index is 13.2. The molecule has 0 fully saturated rings. The van der Waals surface area contributed by atoms with Crippen molar-refractivity contribution in [2.24, 2.45) is 5.41 Å². The number of anilines is 1. The standard InChI is InChI=1S/C14H22FN3O/c1-6-16-12-11(7-10(15)8-17-12)13(19)18-9(2)14(3,4)5/h7-9H,6H2,1-5H3,(H,16,17)(H,18,19). The topological polar surface area (TPSA) is 54.0 Å². The van der Waals surface area contributed by atoms with Crippen LogP contribution in [0, 0.1) is 11.2 Å². The molecule has 1 aromatic rings. The molecule has 0 bridgehead atoms. The van der Waals surface area contributed by atoms with E-state index in [0.717, 1.165) is 6.20 Å². The second kappa shape index (κ2) is 5.99. The van der Waals surface area contributed by atoms with Crippen LogP contribution in [0.4, 0.5) is 10.2 Å².